The van der Waals surface area contributed by atoms with Crippen LogP contribution in [0.1, 0.15) is 28.1 Å². The molecule has 0 radical (unpaired) electrons. The third-order valence-electron chi connectivity index (χ3n) is 4.71. The van der Waals surface area contributed by atoms with Gasteiger partial charge in [0.25, 0.3) is 0 Å². The maximum atomic E-state index is 14.3. The average Bonchev–Trinajstić information content (AvgIpc) is 2.77. The van der Waals surface area contributed by atoms with Gasteiger partial charge in [-0.25, -0.2) is 14.4 Å². The summed E-state index contributed by atoms with van der Waals surface area (Å²) in [4.78, 5) is 8.18. The first-order chi connectivity index (χ1) is 14.5. The van der Waals surface area contributed by atoms with Gasteiger partial charge in [-0.15, -0.1) is 0 Å². The molecule has 150 valence electrons. The van der Waals surface area contributed by atoms with Gasteiger partial charge in [-0.2, -0.15) is 5.26 Å². The third kappa shape index (κ3) is 4.76. The molecule has 6 heteroatoms. The fourth-order valence-electron chi connectivity index (χ4n) is 3.06. The SMILES string of the molecule is Cc1ccc(/C(NCCc2cccc(C)c2F)=C(\C#N)C(=N)c2ncccn2)cc1. The molecule has 0 aliphatic carbocycles. The van der Waals surface area contributed by atoms with E-state index in [0.717, 1.165) is 11.1 Å². The number of aryl methyl sites for hydroxylation is 2. The molecule has 1 heterocycles. The molecule has 0 aliphatic rings. The topological polar surface area (TPSA) is 85.5 Å². The Hall–Kier alpha value is -3.85. The highest BCUT2D eigenvalue weighted by molar-refractivity contribution is 6.15. The van der Waals surface area contributed by atoms with Crippen LogP contribution in [-0.2, 0) is 6.42 Å². The van der Waals surface area contributed by atoms with Gasteiger partial charge >= 0.3 is 0 Å². The Kier molecular flexibility index (Phi) is 6.66. The summed E-state index contributed by atoms with van der Waals surface area (Å²) >= 11 is 0. The van der Waals surface area contributed by atoms with Crippen molar-refractivity contribution in [3.63, 3.8) is 0 Å². The lowest BCUT2D eigenvalue weighted by atomic mass is 10.0. The second-order valence-corrected chi connectivity index (χ2v) is 6.90. The molecular formula is C24H22FN5. The van der Waals surface area contributed by atoms with Crippen LogP contribution in [0.4, 0.5) is 4.39 Å². The third-order valence-corrected chi connectivity index (χ3v) is 4.71. The first-order valence-corrected chi connectivity index (χ1v) is 9.57. The Labute approximate surface area is 175 Å². The number of aromatic nitrogens is 2. The van der Waals surface area contributed by atoms with E-state index in [2.05, 4.69) is 21.4 Å². The van der Waals surface area contributed by atoms with E-state index in [1.807, 2.05) is 37.3 Å². The second-order valence-electron chi connectivity index (χ2n) is 6.90. The molecule has 0 atom stereocenters. The fraction of sp³-hybridized carbons (Fsp3) is 0.167. The first-order valence-electron chi connectivity index (χ1n) is 9.57. The molecule has 3 rings (SSSR count). The highest BCUT2D eigenvalue weighted by Gasteiger charge is 2.17. The lowest BCUT2D eigenvalue weighted by Gasteiger charge is -2.15. The number of nitrogens with one attached hydrogen (secondary N) is 2. The summed E-state index contributed by atoms with van der Waals surface area (Å²) in [6.45, 7) is 4.11. The van der Waals surface area contributed by atoms with Crippen molar-refractivity contribution in [1.29, 1.82) is 10.7 Å². The summed E-state index contributed by atoms with van der Waals surface area (Å²) in [6.07, 6.45) is 3.51. The molecule has 0 saturated heterocycles. The van der Waals surface area contributed by atoms with Crippen molar-refractivity contribution >= 4 is 11.4 Å². The van der Waals surface area contributed by atoms with Gasteiger partial charge in [-0.3, -0.25) is 5.41 Å². The minimum Gasteiger partial charge on any atom is -0.383 e. The number of hydrogen-bond donors (Lipinski definition) is 2. The molecule has 2 aromatic carbocycles. The molecule has 0 bridgehead atoms. The maximum Gasteiger partial charge on any atom is 0.178 e. The van der Waals surface area contributed by atoms with Crippen LogP contribution in [0.5, 0.6) is 0 Å². The van der Waals surface area contributed by atoms with E-state index in [4.69, 9.17) is 5.41 Å². The highest BCUT2D eigenvalue weighted by Crippen LogP contribution is 2.20. The molecule has 0 spiro atoms. The number of halogens is 1. The Morgan fingerprint density at radius 2 is 1.77 bits per heavy atom. The predicted octanol–water partition coefficient (Wildman–Crippen LogP) is 4.37. The Balaban J connectivity index is 1.94. The van der Waals surface area contributed by atoms with Gasteiger partial charge in [-0.05, 0) is 43.0 Å². The Morgan fingerprint density at radius 1 is 1.07 bits per heavy atom. The molecule has 3 aromatic rings. The van der Waals surface area contributed by atoms with E-state index >= 15 is 0 Å². The molecule has 0 aliphatic heterocycles. The number of hydrogen-bond acceptors (Lipinski definition) is 5. The molecular weight excluding hydrogens is 377 g/mol. The van der Waals surface area contributed by atoms with Crippen molar-refractivity contribution in [3.05, 3.63) is 100 Å². The average molecular weight is 399 g/mol. The summed E-state index contributed by atoms with van der Waals surface area (Å²) in [5.41, 5.74) is 3.62. The van der Waals surface area contributed by atoms with E-state index in [-0.39, 0.29) is 22.9 Å². The number of nitrogens with zero attached hydrogens (tertiary/aromatic N) is 3. The zero-order valence-electron chi connectivity index (χ0n) is 16.9. The fourth-order valence-corrected chi connectivity index (χ4v) is 3.06. The molecule has 1 aromatic heterocycles. The first kappa shape index (κ1) is 20.9. The van der Waals surface area contributed by atoms with Crippen molar-refractivity contribution in [2.45, 2.75) is 20.3 Å². The van der Waals surface area contributed by atoms with Gasteiger partial charge in [0.1, 0.15) is 23.2 Å². The zero-order valence-corrected chi connectivity index (χ0v) is 16.9. The summed E-state index contributed by atoms with van der Waals surface area (Å²) in [5, 5.41) is 21.5. The van der Waals surface area contributed by atoms with Gasteiger partial charge in [0.15, 0.2) is 5.82 Å². The molecule has 2 N–H and O–H groups in total. The Bertz CT molecular complexity index is 1110. The smallest absolute Gasteiger partial charge is 0.178 e. The van der Waals surface area contributed by atoms with Gasteiger partial charge < -0.3 is 5.32 Å². The largest absolute Gasteiger partial charge is 0.383 e. The summed E-state index contributed by atoms with van der Waals surface area (Å²) in [7, 11) is 0. The van der Waals surface area contributed by atoms with Crippen molar-refractivity contribution in [3.8, 4) is 6.07 Å². The van der Waals surface area contributed by atoms with Crippen LogP contribution in [0.3, 0.4) is 0 Å². The van der Waals surface area contributed by atoms with Crippen molar-refractivity contribution in [2.75, 3.05) is 6.54 Å². The van der Waals surface area contributed by atoms with Gasteiger partial charge in [0.2, 0.25) is 0 Å². The monoisotopic (exact) mass is 399 g/mol. The lowest BCUT2D eigenvalue weighted by molar-refractivity contribution is 0.598. The number of allylic oxidation sites excluding steroid dienone is 1. The van der Waals surface area contributed by atoms with E-state index in [1.54, 1.807) is 25.1 Å². The molecule has 5 nitrogen and oxygen atoms in total. The quantitative estimate of drug-likeness (QED) is 0.456. The number of nitriles is 1. The minimum atomic E-state index is -0.217. The van der Waals surface area contributed by atoms with E-state index in [1.165, 1.54) is 12.4 Å². The lowest BCUT2D eigenvalue weighted by Crippen LogP contribution is -2.21. The number of rotatable bonds is 7. The van der Waals surface area contributed by atoms with Crippen LogP contribution in [-0.4, -0.2) is 22.2 Å². The highest BCUT2D eigenvalue weighted by atomic mass is 19.1. The normalized spacial score (nSPS) is 11.4. The minimum absolute atomic E-state index is 0.0667. The summed E-state index contributed by atoms with van der Waals surface area (Å²) in [6, 6.07) is 16.8. The van der Waals surface area contributed by atoms with Crippen molar-refractivity contribution in [2.24, 2.45) is 0 Å². The van der Waals surface area contributed by atoms with E-state index < -0.39 is 0 Å². The van der Waals surface area contributed by atoms with E-state index in [9.17, 15) is 9.65 Å². The Morgan fingerprint density at radius 3 is 2.43 bits per heavy atom. The second kappa shape index (κ2) is 9.57. The van der Waals surface area contributed by atoms with Gasteiger partial charge in [0, 0.05) is 18.9 Å². The molecule has 30 heavy (non-hydrogen) atoms. The number of benzene rings is 2. The predicted molar refractivity (Wildman–Crippen MR) is 115 cm³/mol. The molecule has 0 unspecified atom stereocenters. The summed E-state index contributed by atoms with van der Waals surface area (Å²) < 4.78 is 14.3. The molecule has 0 amide bonds. The molecule has 0 saturated carbocycles. The van der Waals surface area contributed by atoms with Crippen molar-refractivity contribution in [1.82, 2.24) is 15.3 Å². The van der Waals surface area contributed by atoms with Gasteiger partial charge in [0.05, 0.1) is 5.70 Å². The standard InChI is InChI=1S/C24H22FN5/c1-16-7-9-19(10-8-16)23(20(15-26)22(27)24-29-12-4-13-30-24)28-14-11-18-6-3-5-17(2)21(18)25/h3-10,12-13,27-28H,11,14H2,1-2H3/b23-20-,27-22?. The van der Waals surface area contributed by atoms with Crippen LogP contribution in [0, 0.1) is 36.4 Å². The maximum absolute atomic E-state index is 14.3. The van der Waals surface area contributed by atoms with Gasteiger partial charge in [-0.1, -0.05) is 48.0 Å². The van der Waals surface area contributed by atoms with Crippen LogP contribution < -0.4 is 5.32 Å². The van der Waals surface area contributed by atoms with Crippen LogP contribution in [0.25, 0.3) is 5.70 Å². The van der Waals surface area contributed by atoms with E-state index in [0.29, 0.717) is 29.8 Å². The van der Waals surface area contributed by atoms with Crippen LogP contribution in [0.15, 0.2) is 66.5 Å². The summed E-state index contributed by atoms with van der Waals surface area (Å²) in [5.74, 6) is -0.0451. The van der Waals surface area contributed by atoms with Crippen molar-refractivity contribution < 1.29 is 4.39 Å². The zero-order chi connectivity index (χ0) is 21.5. The van der Waals surface area contributed by atoms with Crippen LogP contribution >= 0.6 is 0 Å². The van der Waals surface area contributed by atoms with Crippen LogP contribution in [0.2, 0.25) is 0 Å². The molecule has 0 fully saturated rings.